The minimum Gasteiger partial charge on any atom is -0.392 e. The van der Waals surface area contributed by atoms with Gasteiger partial charge >= 0.3 is 0 Å². The number of aliphatic hydroxyl groups excluding tert-OH is 1. The minimum atomic E-state index is -0.274. The Kier molecular flexibility index (Phi) is 5.96. The van der Waals surface area contributed by atoms with Gasteiger partial charge in [0.15, 0.2) is 0 Å². The van der Waals surface area contributed by atoms with Gasteiger partial charge in [-0.3, -0.25) is 0 Å². The number of aliphatic hydroxyl groups is 1. The summed E-state index contributed by atoms with van der Waals surface area (Å²) in [5.41, 5.74) is 2.18. The molecule has 1 aromatic carbocycles. The van der Waals surface area contributed by atoms with E-state index in [1.165, 1.54) is 0 Å². The normalized spacial score (nSPS) is 12.8. The number of nitrogens with zero attached hydrogens (tertiary/aromatic N) is 2. The van der Waals surface area contributed by atoms with Crippen molar-refractivity contribution in [3.05, 3.63) is 48.3 Å². The molecule has 114 valence electrons. The summed E-state index contributed by atoms with van der Waals surface area (Å²) in [6.07, 6.45) is 5.65. The monoisotopic (exact) mass is 287 g/mol. The molecule has 0 radical (unpaired) electrons. The molecule has 21 heavy (non-hydrogen) atoms. The van der Waals surface area contributed by atoms with Gasteiger partial charge in [-0.15, -0.1) is 0 Å². The average Bonchev–Trinajstić information content (AvgIpc) is 2.98. The molecule has 1 heterocycles. The first-order valence-corrected chi connectivity index (χ1v) is 7.72. The molecule has 2 N–H and O–H groups in total. The molecule has 1 aromatic heterocycles. The molecule has 0 amide bonds. The first kappa shape index (κ1) is 15.7. The van der Waals surface area contributed by atoms with Crippen LogP contribution in [0.15, 0.2) is 42.7 Å². The highest BCUT2D eigenvalue weighted by molar-refractivity contribution is 5.30. The first-order valence-electron chi connectivity index (χ1n) is 7.72. The summed E-state index contributed by atoms with van der Waals surface area (Å²) in [4.78, 5) is 0. The van der Waals surface area contributed by atoms with E-state index < -0.39 is 0 Å². The first-order chi connectivity index (χ1) is 10.2. The molecule has 1 atom stereocenters. The quantitative estimate of drug-likeness (QED) is 0.785. The van der Waals surface area contributed by atoms with E-state index in [2.05, 4.69) is 24.3 Å². The predicted octanol–water partition coefficient (Wildman–Crippen LogP) is 2.76. The summed E-state index contributed by atoms with van der Waals surface area (Å²) in [6.45, 7) is 5.61. The number of hydrogen-bond acceptors (Lipinski definition) is 3. The molecule has 0 aliphatic rings. The van der Waals surface area contributed by atoms with Gasteiger partial charge in [0.05, 0.1) is 18.0 Å². The molecule has 0 saturated carbocycles. The highest BCUT2D eigenvalue weighted by atomic mass is 16.3. The zero-order valence-electron chi connectivity index (χ0n) is 12.9. The van der Waals surface area contributed by atoms with Crippen molar-refractivity contribution in [3.8, 4) is 5.69 Å². The third-order valence-electron chi connectivity index (χ3n) is 3.93. The molecular formula is C17H25N3O. The summed E-state index contributed by atoms with van der Waals surface area (Å²) >= 11 is 0. The predicted molar refractivity (Wildman–Crippen MR) is 85.3 cm³/mol. The van der Waals surface area contributed by atoms with Crippen molar-refractivity contribution in [1.29, 1.82) is 0 Å². The van der Waals surface area contributed by atoms with Crippen LogP contribution in [0.3, 0.4) is 0 Å². The van der Waals surface area contributed by atoms with Crippen LogP contribution in [0.5, 0.6) is 0 Å². The van der Waals surface area contributed by atoms with Crippen molar-refractivity contribution in [2.24, 2.45) is 5.92 Å². The Morgan fingerprint density at radius 3 is 2.57 bits per heavy atom. The molecule has 0 fully saturated rings. The van der Waals surface area contributed by atoms with Gasteiger partial charge in [0.1, 0.15) is 0 Å². The second kappa shape index (κ2) is 7.96. The molecule has 2 aromatic rings. The topological polar surface area (TPSA) is 50.1 Å². The number of aromatic nitrogens is 2. The molecule has 1 unspecified atom stereocenters. The molecule has 0 aliphatic heterocycles. The fraction of sp³-hybridized carbons (Fsp3) is 0.471. The molecule has 0 saturated heterocycles. The highest BCUT2D eigenvalue weighted by Crippen LogP contribution is 2.12. The standard InChI is InChI=1S/C17H25N3O/c1-3-15(4-2)17(21)12-18-10-14-11-19-20(13-14)16-8-6-5-7-9-16/h5-9,11,13,15,17-18,21H,3-4,10,12H2,1-2H3. The van der Waals surface area contributed by atoms with Crippen LogP contribution in [0.1, 0.15) is 32.3 Å². The maximum atomic E-state index is 10.1. The molecule has 2 rings (SSSR count). The van der Waals surface area contributed by atoms with Gasteiger partial charge < -0.3 is 10.4 Å². The van der Waals surface area contributed by atoms with Crippen LogP contribution in [-0.4, -0.2) is 27.5 Å². The third kappa shape index (κ3) is 4.41. The number of benzene rings is 1. The van der Waals surface area contributed by atoms with Crippen molar-refractivity contribution < 1.29 is 5.11 Å². The number of hydrogen-bond donors (Lipinski definition) is 2. The fourth-order valence-electron chi connectivity index (χ4n) is 2.54. The maximum absolute atomic E-state index is 10.1. The largest absolute Gasteiger partial charge is 0.392 e. The second-order valence-electron chi connectivity index (χ2n) is 5.40. The smallest absolute Gasteiger partial charge is 0.0692 e. The van der Waals surface area contributed by atoms with E-state index in [4.69, 9.17) is 0 Å². The SMILES string of the molecule is CCC(CC)C(O)CNCc1cnn(-c2ccccc2)c1. The lowest BCUT2D eigenvalue weighted by Gasteiger charge is -2.20. The van der Waals surface area contributed by atoms with Crippen LogP contribution in [-0.2, 0) is 6.54 Å². The molecule has 0 bridgehead atoms. The zero-order chi connectivity index (χ0) is 15.1. The van der Waals surface area contributed by atoms with E-state index in [9.17, 15) is 5.11 Å². The van der Waals surface area contributed by atoms with Crippen molar-refractivity contribution in [1.82, 2.24) is 15.1 Å². The Morgan fingerprint density at radius 1 is 1.19 bits per heavy atom. The van der Waals surface area contributed by atoms with E-state index in [0.29, 0.717) is 12.5 Å². The summed E-state index contributed by atoms with van der Waals surface area (Å²) in [7, 11) is 0. The van der Waals surface area contributed by atoms with Gasteiger partial charge in [-0.1, -0.05) is 44.9 Å². The Labute approximate surface area is 126 Å². The van der Waals surface area contributed by atoms with E-state index in [0.717, 1.165) is 30.6 Å². The minimum absolute atomic E-state index is 0.274. The van der Waals surface area contributed by atoms with Gasteiger partial charge in [-0.05, 0) is 18.1 Å². The number of nitrogens with one attached hydrogen (secondary N) is 1. The van der Waals surface area contributed by atoms with Crippen LogP contribution >= 0.6 is 0 Å². The Balaban J connectivity index is 1.84. The molecule has 4 heteroatoms. The summed E-state index contributed by atoms with van der Waals surface area (Å²) in [5.74, 6) is 0.379. The van der Waals surface area contributed by atoms with Crippen LogP contribution < -0.4 is 5.32 Å². The number of rotatable bonds is 8. The lowest BCUT2D eigenvalue weighted by atomic mass is 9.96. The second-order valence-corrected chi connectivity index (χ2v) is 5.40. The third-order valence-corrected chi connectivity index (χ3v) is 3.93. The van der Waals surface area contributed by atoms with Gasteiger partial charge in [0.25, 0.3) is 0 Å². The average molecular weight is 287 g/mol. The lowest BCUT2D eigenvalue weighted by molar-refractivity contribution is 0.101. The van der Waals surface area contributed by atoms with Crippen LogP contribution in [0.2, 0.25) is 0 Å². The molecular weight excluding hydrogens is 262 g/mol. The van der Waals surface area contributed by atoms with Gasteiger partial charge in [-0.25, -0.2) is 4.68 Å². The van der Waals surface area contributed by atoms with Gasteiger partial charge in [0.2, 0.25) is 0 Å². The molecule has 0 aliphatic carbocycles. The number of para-hydroxylation sites is 1. The van der Waals surface area contributed by atoms with Crippen molar-refractivity contribution in [3.63, 3.8) is 0 Å². The molecule has 0 spiro atoms. The Morgan fingerprint density at radius 2 is 1.90 bits per heavy atom. The van der Waals surface area contributed by atoms with Crippen molar-refractivity contribution >= 4 is 0 Å². The fourth-order valence-corrected chi connectivity index (χ4v) is 2.54. The van der Waals surface area contributed by atoms with Crippen LogP contribution in [0.4, 0.5) is 0 Å². The summed E-state index contributed by atoms with van der Waals surface area (Å²) in [5, 5.41) is 17.8. The van der Waals surface area contributed by atoms with Crippen molar-refractivity contribution in [2.75, 3.05) is 6.54 Å². The van der Waals surface area contributed by atoms with Gasteiger partial charge in [0, 0.05) is 24.8 Å². The van der Waals surface area contributed by atoms with E-state index in [-0.39, 0.29) is 6.10 Å². The lowest BCUT2D eigenvalue weighted by Crippen LogP contribution is -2.32. The van der Waals surface area contributed by atoms with E-state index >= 15 is 0 Å². The summed E-state index contributed by atoms with van der Waals surface area (Å²) in [6, 6.07) is 10.1. The zero-order valence-corrected chi connectivity index (χ0v) is 12.9. The maximum Gasteiger partial charge on any atom is 0.0692 e. The van der Waals surface area contributed by atoms with Crippen LogP contribution in [0, 0.1) is 5.92 Å². The highest BCUT2D eigenvalue weighted by Gasteiger charge is 2.14. The van der Waals surface area contributed by atoms with E-state index in [1.54, 1.807) is 0 Å². The Hall–Kier alpha value is -1.65. The van der Waals surface area contributed by atoms with E-state index in [1.807, 2.05) is 47.4 Å². The van der Waals surface area contributed by atoms with Crippen molar-refractivity contribution in [2.45, 2.75) is 39.3 Å². The Bertz CT molecular complexity index is 520. The van der Waals surface area contributed by atoms with Gasteiger partial charge in [-0.2, -0.15) is 5.10 Å². The molecule has 4 nitrogen and oxygen atoms in total. The summed E-state index contributed by atoms with van der Waals surface area (Å²) < 4.78 is 1.87. The van der Waals surface area contributed by atoms with Crippen LogP contribution in [0.25, 0.3) is 5.69 Å².